The quantitative estimate of drug-likeness (QED) is 0.534. The van der Waals surface area contributed by atoms with E-state index < -0.39 is 47.0 Å². The average Bonchev–Trinajstić information content (AvgIpc) is 3.34. The van der Waals surface area contributed by atoms with Crippen molar-refractivity contribution in [2.45, 2.75) is 31.7 Å². The Balaban J connectivity index is 1.79. The molecule has 1 N–H and O–H groups in total. The van der Waals surface area contributed by atoms with E-state index in [9.17, 15) is 31.9 Å². The second kappa shape index (κ2) is 9.82. The fourth-order valence-corrected chi connectivity index (χ4v) is 3.70. The number of alkyl halides is 3. The maximum absolute atomic E-state index is 14.5. The summed E-state index contributed by atoms with van der Waals surface area (Å²) in [5.41, 5.74) is -4.27. The topological polar surface area (TPSA) is 95.2 Å². The maximum atomic E-state index is 14.5. The molecular formula is C23H20F4N4O4. The highest BCUT2D eigenvalue weighted by atomic mass is 19.4. The summed E-state index contributed by atoms with van der Waals surface area (Å²) in [5, 5.41) is 6.32. The van der Waals surface area contributed by atoms with Crippen LogP contribution in [0.5, 0.6) is 0 Å². The van der Waals surface area contributed by atoms with Crippen molar-refractivity contribution in [2.75, 3.05) is 13.2 Å². The Hall–Kier alpha value is -3.80. The highest BCUT2D eigenvalue weighted by molar-refractivity contribution is 5.91. The van der Waals surface area contributed by atoms with Crippen LogP contribution in [-0.4, -0.2) is 39.5 Å². The first kappa shape index (κ1) is 24.3. The lowest BCUT2D eigenvalue weighted by atomic mass is 10.1. The molecule has 0 radical (unpaired) electrons. The van der Waals surface area contributed by atoms with Gasteiger partial charge in [0.1, 0.15) is 11.5 Å². The van der Waals surface area contributed by atoms with Crippen molar-refractivity contribution in [3.63, 3.8) is 0 Å². The van der Waals surface area contributed by atoms with Crippen LogP contribution in [-0.2, 0) is 17.5 Å². The molecule has 0 spiro atoms. The SMILES string of the molecule is O=C(NCC1CCCO1)c1nn(-c2ccccc2F)c(=O)n(Cc2cccc(C(F)(F)F)c2)c1=O. The summed E-state index contributed by atoms with van der Waals surface area (Å²) in [6.45, 7) is 0.0394. The van der Waals surface area contributed by atoms with Gasteiger partial charge in [-0.15, -0.1) is 0 Å². The molecule has 0 aliphatic carbocycles. The Morgan fingerprint density at radius 3 is 2.60 bits per heavy atom. The molecule has 1 atom stereocenters. The van der Waals surface area contributed by atoms with Gasteiger partial charge in [0.15, 0.2) is 0 Å². The fourth-order valence-electron chi connectivity index (χ4n) is 3.70. The molecule has 1 fully saturated rings. The largest absolute Gasteiger partial charge is 0.416 e. The molecule has 3 aromatic rings. The van der Waals surface area contributed by atoms with Gasteiger partial charge < -0.3 is 10.1 Å². The van der Waals surface area contributed by atoms with E-state index in [1.807, 2.05) is 0 Å². The monoisotopic (exact) mass is 492 g/mol. The first-order valence-corrected chi connectivity index (χ1v) is 10.7. The molecule has 0 bridgehead atoms. The summed E-state index contributed by atoms with van der Waals surface area (Å²) < 4.78 is 60.4. The normalized spacial score (nSPS) is 15.8. The summed E-state index contributed by atoms with van der Waals surface area (Å²) >= 11 is 0. The molecule has 8 nitrogen and oxygen atoms in total. The van der Waals surface area contributed by atoms with Gasteiger partial charge in [0.25, 0.3) is 11.5 Å². The Bertz CT molecular complexity index is 1360. The Morgan fingerprint density at radius 2 is 1.91 bits per heavy atom. The third-order valence-electron chi connectivity index (χ3n) is 5.46. The number of amides is 1. The molecule has 2 aromatic carbocycles. The minimum absolute atomic E-state index is 0.0176. The van der Waals surface area contributed by atoms with Gasteiger partial charge in [0, 0.05) is 13.2 Å². The van der Waals surface area contributed by atoms with Crippen LogP contribution in [0, 0.1) is 5.82 Å². The number of halogens is 4. The lowest BCUT2D eigenvalue weighted by Gasteiger charge is -2.14. The first-order valence-electron chi connectivity index (χ1n) is 10.7. The minimum atomic E-state index is -4.64. The van der Waals surface area contributed by atoms with E-state index in [4.69, 9.17) is 4.74 Å². The van der Waals surface area contributed by atoms with Crippen molar-refractivity contribution in [2.24, 2.45) is 0 Å². The molecule has 1 aliphatic rings. The number of aromatic nitrogens is 3. The Kier molecular flexibility index (Phi) is 6.83. The molecule has 1 unspecified atom stereocenters. The van der Waals surface area contributed by atoms with Gasteiger partial charge in [-0.2, -0.15) is 23.0 Å². The summed E-state index contributed by atoms with van der Waals surface area (Å²) in [4.78, 5) is 38.9. The highest BCUT2D eigenvalue weighted by Crippen LogP contribution is 2.29. The lowest BCUT2D eigenvalue weighted by Crippen LogP contribution is -2.46. The van der Waals surface area contributed by atoms with Gasteiger partial charge >= 0.3 is 11.9 Å². The molecule has 1 saturated heterocycles. The second-order valence-electron chi connectivity index (χ2n) is 7.93. The van der Waals surface area contributed by atoms with Gasteiger partial charge in [-0.3, -0.25) is 14.2 Å². The molecule has 2 heterocycles. The summed E-state index contributed by atoms with van der Waals surface area (Å²) in [6, 6.07) is 9.14. The maximum Gasteiger partial charge on any atom is 0.416 e. The zero-order valence-electron chi connectivity index (χ0n) is 18.2. The zero-order valence-corrected chi connectivity index (χ0v) is 18.2. The van der Waals surface area contributed by atoms with Crippen molar-refractivity contribution >= 4 is 5.91 Å². The predicted molar refractivity (Wildman–Crippen MR) is 116 cm³/mol. The summed E-state index contributed by atoms with van der Waals surface area (Å²) in [5.74, 6) is -1.77. The van der Waals surface area contributed by atoms with E-state index >= 15 is 0 Å². The molecule has 35 heavy (non-hydrogen) atoms. The number of carbonyl (C=O) groups excluding carboxylic acids is 1. The van der Waals surface area contributed by atoms with Crippen molar-refractivity contribution in [3.05, 3.63) is 92.0 Å². The van der Waals surface area contributed by atoms with Crippen LogP contribution in [0.15, 0.2) is 58.1 Å². The van der Waals surface area contributed by atoms with Crippen LogP contribution in [0.25, 0.3) is 5.69 Å². The van der Waals surface area contributed by atoms with E-state index in [1.165, 1.54) is 24.3 Å². The number of rotatable bonds is 6. The van der Waals surface area contributed by atoms with Crippen molar-refractivity contribution < 1.29 is 27.1 Å². The molecule has 1 aromatic heterocycles. The van der Waals surface area contributed by atoms with Crippen LogP contribution >= 0.6 is 0 Å². The zero-order chi connectivity index (χ0) is 25.2. The number of nitrogens with one attached hydrogen (secondary N) is 1. The van der Waals surface area contributed by atoms with Crippen LogP contribution in [0.4, 0.5) is 17.6 Å². The second-order valence-corrected chi connectivity index (χ2v) is 7.93. The van der Waals surface area contributed by atoms with Crippen molar-refractivity contribution in [1.29, 1.82) is 0 Å². The standard InChI is InChI=1S/C23H20F4N4O4/c24-17-8-1-2-9-18(17)31-22(34)30(13-14-5-3-6-15(11-14)23(25,26)27)21(33)19(29-31)20(32)28-12-16-7-4-10-35-16/h1-3,5-6,8-9,11,16H,4,7,10,12-13H2,(H,28,32). The van der Waals surface area contributed by atoms with E-state index in [2.05, 4.69) is 10.4 Å². The summed E-state index contributed by atoms with van der Waals surface area (Å²) in [6.07, 6.45) is -3.35. The van der Waals surface area contributed by atoms with E-state index in [-0.39, 0.29) is 23.9 Å². The van der Waals surface area contributed by atoms with Gasteiger partial charge in [0.2, 0.25) is 5.69 Å². The Labute approximate surface area is 195 Å². The molecular weight excluding hydrogens is 472 g/mol. The van der Waals surface area contributed by atoms with Crippen LogP contribution < -0.4 is 16.6 Å². The fraction of sp³-hybridized carbons (Fsp3) is 0.304. The number of hydrogen-bond acceptors (Lipinski definition) is 5. The predicted octanol–water partition coefficient (Wildman–Crippen LogP) is 2.51. The summed E-state index contributed by atoms with van der Waals surface area (Å²) in [7, 11) is 0. The number of ether oxygens (including phenoxy) is 1. The van der Waals surface area contributed by atoms with Crippen molar-refractivity contribution in [3.8, 4) is 5.69 Å². The van der Waals surface area contributed by atoms with Gasteiger partial charge in [-0.05, 0) is 42.7 Å². The number of para-hydroxylation sites is 1. The average molecular weight is 492 g/mol. The lowest BCUT2D eigenvalue weighted by molar-refractivity contribution is -0.137. The van der Waals surface area contributed by atoms with Crippen LogP contribution in [0.3, 0.4) is 0 Å². The van der Waals surface area contributed by atoms with Crippen LogP contribution in [0.2, 0.25) is 0 Å². The minimum Gasteiger partial charge on any atom is -0.376 e. The smallest absolute Gasteiger partial charge is 0.376 e. The number of carbonyl (C=O) groups is 1. The molecule has 0 saturated carbocycles. The highest BCUT2D eigenvalue weighted by Gasteiger charge is 2.30. The third-order valence-corrected chi connectivity index (χ3v) is 5.46. The molecule has 184 valence electrons. The van der Waals surface area contributed by atoms with E-state index in [1.54, 1.807) is 0 Å². The molecule has 1 aliphatic heterocycles. The van der Waals surface area contributed by atoms with Gasteiger partial charge in [-0.1, -0.05) is 24.3 Å². The number of nitrogens with zero attached hydrogens (tertiary/aromatic N) is 3. The molecule has 1 amide bonds. The van der Waals surface area contributed by atoms with Gasteiger partial charge in [0.05, 0.1) is 18.2 Å². The third kappa shape index (κ3) is 5.32. The Morgan fingerprint density at radius 1 is 1.14 bits per heavy atom. The number of benzene rings is 2. The van der Waals surface area contributed by atoms with Crippen molar-refractivity contribution in [1.82, 2.24) is 19.7 Å². The van der Waals surface area contributed by atoms with E-state index in [0.717, 1.165) is 30.7 Å². The number of hydrogen-bond donors (Lipinski definition) is 1. The molecule has 12 heteroatoms. The van der Waals surface area contributed by atoms with Crippen LogP contribution in [0.1, 0.15) is 34.5 Å². The van der Waals surface area contributed by atoms with E-state index in [0.29, 0.717) is 22.3 Å². The first-order chi connectivity index (χ1) is 16.6. The molecule has 4 rings (SSSR count). The van der Waals surface area contributed by atoms with Gasteiger partial charge in [-0.25, -0.2) is 9.18 Å².